The number of ether oxygens (including phenoxy) is 1. The van der Waals surface area contributed by atoms with Crippen LogP contribution in [-0.4, -0.2) is 36.2 Å². The van der Waals surface area contributed by atoms with Crippen molar-refractivity contribution in [1.29, 1.82) is 0 Å². The Hall–Kier alpha value is -3.52. The summed E-state index contributed by atoms with van der Waals surface area (Å²) in [4.78, 5) is 29.6. The number of fused-ring (bicyclic) bond motifs is 2. The van der Waals surface area contributed by atoms with Crippen molar-refractivity contribution in [3.8, 4) is 5.75 Å². The third kappa shape index (κ3) is 4.12. The molecule has 3 aromatic carbocycles. The van der Waals surface area contributed by atoms with Crippen LogP contribution in [0.4, 0.5) is 14.9 Å². The molecule has 1 saturated heterocycles. The molecule has 2 aliphatic heterocycles. The molecule has 0 aromatic heterocycles. The third-order valence-corrected chi connectivity index (χ3v) is 7.85. The zero-order valence-electron chi connectivity index (χ0n) is 19.6. The molecule has 3 aromatic rings. The Morgan fingerprint density at radius 1 is 1.11 bits per heavy atom. The predicted molar refractivity (Wildman–Crippen MR) is 135 cm³/mol. The summed E-state index contributed by atoms with van der Waals surface area (Å²) in [6.07, 6.45) is 0. The van der Waals surface area contributed by atoms with Crippen molar-refractivity contribution in [1.82, 2.24) is 10.2 Å². The fourth-order valence-corrected chi connectivity index (χ4v) is 6.20. The van der Waals surface area contributed by atoms with Crippen molar-refractivity contribution >= 4 is 29.4 Å². The first-order chi connectivity index (χ1) is 16.9. The van der Waals surface area contributed by atoms with Gasteiger partial charge in [-0.25, -0.2) is 9.18 Å². The van der Waals surface area contributed by atoms with Gasteiger partial charge in [-0.2, -0.15) is 0 Å². The van der Waals surface area contributed by atoms with E-state index < -0.39 is 4.87 Å². The van der Waals surface area contributed by atoms with Crippen LogP contribution in [0.2, 0.25) is 0 Å². The number of nitrogens with one attached hydrogen (secondary N) is 1. The molecule has 1 fully saturated rings. The van der Waals surface area contributed by atoms with Gasteiger partial charge in [-0.05, 0) is 48.4 Å². The van der Waals surface area contributed by atoms with Gasteiger partial charge in [0.15, 0.2) is 4.87 Å². The monoisotopic (exact) mass is 491 g/mol. The number of aryl methyl sites for hydroxylation is 1. The van der Waals surface area contributed by atoms with Crippen molar-refractivity contribution in [3.05, 3.63) is 94.8 Å². The molecule has 2 heterocycles. The highest BCUT2D eigenvalue weighted by molar-refractivity contribution is 8.01. The second-order valence-electron chi connectivity index (χ2n) is 8.69. The summed E-state index contributed by atoms with van der Waals surface area (Å²) in [6.45, 7) is 3.10. The van der Waals surface area contributed by atoms with Crippen LogP contribution in [0.3, 0.4) is 0 Å². The van der Waals surface area contributed by atoms with Gasteiger partial charge in [0.2, 0.25) is 0 Å². The smallest absolute Gasteiger partial charge is 0.319 e. The minimum Gasteiger partial charge on any atom is -0.497 e. The minimum absolute atomic E-state index is 0.182. The molecular formula is C27H26FN3O3S. The topological polar surface area (TPSA) is 61.9 Å². The molecule has 3 amide bonds. The minimum atomic E-state index is -1.18. The second kappa shape index (κ2) is 9.26. The number of hydrogen-bond donors (Lipinski definition) is 1. The number of hydrogen-bond acceptors (Lipinski definition) is 4. The van der Waals surface area contributed by atoms with Crippen LogP contribution in [0.15, 0.2) is 66.7 Å². The fraction of sp³-hybridized carbons (Fsp3) is 0.259. The van der Waals surface area contributed by atoms with Crippen LogP contribution in [0, 0.1) is 12.7 Å². The van der Waals surface area contributed by atoms with E-state index in [9.17, 15) is 14.0 Å². The van der Waals surface area contributed by atoms with Crippen molar-refractivity contribution in [2.75, 3.05) is 24.3 Å². The summed E-state index contributed by atoms with van der Waals surface area (Å²) >= 11 is 1.46. The fourth-order valence-electron chi connectivity index (χ4n) is 4.75. The Kier molecular flexibility index (Phi) is 6.15. The highest BCUT2D eigenvalue weighted by Gasteiger charge is 2.59. The lowest BCUT2D eigenvalue weighted by Crippen LogP contribution is -2.53. The molecule has 0 radical (unpaired) electrons. The van der Waals surface area contributed by atoms with Crippen molar-refractivity contribution in [2.24, 2.45) is 0 Å². The molecule has 0 bridgehead atoms. The Labute approximate surface area is 208 Å². The van der Waals surface area contributed by atoms with Crippen LogP contribution >= 0.6 is 11.8 Å². The largest absolute Gasteiger partial charge is 0.497 e. The molecule has 1 unspecified atom stereocenters. The van der Waals surface area contributed by atoms with E-state index in [1.807, 2.05) is 49.4 Å². The Morgan fingerprint density at radius 3 is 2.66 bits per heavy atom. The van der Waals surface area contributed by atoms with Gasteiger partial charge in [-0.3, -0.25) is 9.69 Å². The SMILES string of the molecule is COc1ccc2c(c1)C1(SCCN1C(=O)NCc1cccc(C)c1)C(=O)N2Cc1ccc(F)cc1. The number of urea groups is 1. The van der Waals surface area contributed by atoms with Crippen LogP contribution in [0.1, 0.15) is 22.3 Å². The molecular weight excluding hydrogens is 465 g/mol. The predicted octanol–water partition coefficient (Wildman–Crippen LogP) is 4.80. The van der Waals surface area contributed by atoms with E-state index in [2.05, 4.69) is 5.32 Å². The molecule has 0 aliphatic carbocycles. The molecule has 2 aliphatic rings. The lowest BCUT2D eigenvalue weighted by atomic mass is 10.1. The van der Waals surface area contributed by atoms with E-state index in [1.165, 1.54) is 23.9 Å². The highest BCUT2D eigenvalue weighted by Crippen LogP contribution is 2.55. The summed E-state index contributed by atoms with van der Waals surface area (Å²) in [5.74, 6) is 0.737. The number of methoxy groups -OCH3 is 1. The van der Waals surface area contributed by atoms with Gasteiger partial charge in [-0.15, -0.1) is 11.8 Å². The zero-order valence-corrected chi connectivity index (χ0v) is 20.4. The van der Waals surface area contributed by atoms with Gasteiger partial charge >= 0.3 is 6.03 Å². The first-order valence-corrected chi connectivity index (χ1v) is 12.4. The average Bonchev–Trinajstić information content (AvgIpc) is 3.41. The number of amides is 3. The Bertz CT molecular complexity index is 1280. The van der Waals surface area contributed by atoms with Gasteiger partial charge < -0.3 is 15.0 Å². The first kappa shape index (κ1) is 23.2. The van der Waals surface area contributed by atoms with Crippen molar-refractivity contribution in [3.63, 3.8) is 0 Å². The normalized spacial score (nSPS) is 18.8. The van der Waals surface area contributed by atoms with Gasteiger partial charge in [-0.1, -0.05) is 42.0 Å². The maximum Gasteiger partial charge on any atom is 0.319 e. The van der Waals surface area contributed by atoms with E-state index in [0.717, 1.165) is 27.9 Å². The molecule has 6 nitrogen and oxygen atoms in total. The molecule has 5 rings (SSSR count). The molecule has 1 N–H and O–H groups in total. The summed E-state index contributed by atoms with van der Waals surface area (Å²) in [6, 6.07) is 19.3. The van der Waals surface area contributed by atoms with Crippen molar-refractivity contribution in [2.45, 2.75) is 24.9 Å². The number of rotatable bonds is 5. The standard InChI is InChI=1S/C27H26FN3O3S/c1-18-4-3-5-20(14-18)16-29-26(33)31-12-13-35-27(31)23-15-22(34-2)10-11-24(23)30(25(27)32)17-19-6-8-21(28)9-7-19/h3-11,14-15H,12-13,16-17H2,1-2H3,(H,29,33). The number of nitrogens with zero attached hydrogens (tertiary/aromatic N) is 2. The number of carbonyl (C=O) groups is 2. The summed E-state index contributed by atoms with van der Waals surface area (Å²) in [5.41, 5.74) is 4.38. The average molecular weight is 492 g/mol. The maximum absolute atomic E-state index is 14.1. The number of carbonyl (C=O) groups excluding carboxylic acids is 2. The van der Waals surface area contributed by atoms with Gasteiger partial charge in [0.25, 0.3) is 5.91 Å². The van der Waals surface area contributed by atoms with E-state index >= 15 is 0 Å². The van der Waals surface area contributed by atoms with Crippen LogP contribution in [0.25, 0.3) is 0 Å². The molecule has 8 heteroatoms. The summed E-state index contributed by atoms with van der Waals surface area (Å²) < 4.78 is 18.9. The van der Waals surface area contributed by atoms with Crippen LogP contribution < -0.4 is 15.0 Å². The van der Waals surface area contributed by atoms with Crippen LogP contribution in [0.5, 0.6) is 5.75 Å². The molecule has 0 saturated carbocycles. The molecule has 180 valence electrons. The third-order valence-electron chi connectivity index (χ3n) is 6.43. The quantitative estimate of drug-likeness (QED) is 0.557. The van der Waals surface area contributed by atoms with E-state index in [0.29, 0.717) is 24.6 Å². The van der Waals surface area contributed by atoms with Crippen molar-refractivity contribution < 1.29 is 18.7 Å². The van der Waals surface area contributed by atoms with Gasteiger partial charge in [0.1, 0.15) is 11.6 Å². The number of anilines is 1. The first-order valence-electron chi connectivity index (χ1n) is 11.4. The van der Waals surface area contributed by atoms with Gasteiger partial charge in [0.05, 0.1) is 19.3 Å². The second-order valence-corrected chi connectivity index (χ2v) is 9.98. The maximum atomic E-state index is 14.1. The lowest BCUT2D eigenvalue weighted by molar-refractivity contribution is -0.123. The zero-order chi connectivity index (χ0) is 24.6. The Morgan fingerprint density at radius 2 is 1.91 bits per heavy atom. The lowest BCUT2D eigenvalue weighted by Gasteiger charge is -2.33. The number of thioether (sulfide) groups is 1. The molecule has 35 heavy (non-hydrogen) atoms. The molecule has 1 spiro atoms. The van der Waals surface area contributed by atoms with E-state index in [1.54, 1.807) is 29.0 Å². The summed E-state index contributed by atoms with van der Waals surface area (Å²) in [5, 5.41) is 3.00. The number of halogens is 1. The summed E-state index contributed by atoms with van der Waals surface area (Å²) in [7, 11) is 1.58. The highest BCUT2D eigenvalue weighted by atomic mass is 32.2. The number of benzene rings is 3. The van der Waals surface area contributed by atoms with E-state index in [-0.39, 0.29) is 24.3 Å². The Balaban J connectivity index is 1.48. The van der Waals surface area contributed by atoms with Gasteiger partial charge in [0, 0.05) is 24.4 Å². The van der Waals surface area contributed by atoms with E-state index in [4.69, 9.17) is 4.74 Å². The molecule has 1 atom stereocenters. The van der Waals surface area contributed by atoms with Crippen LogP contribution in [-0.2, 0) is 22.8 Å².